The molecule has 1 N–H and O–H groups in total. The molecule has 1 saturated heterocycles. The largest absolute Gasteiger partial charge is 0.497 e. The summed E-state index contributed by atoms with van der Waals surface area (Å²) in [6.45, 7) is 0.874. The van der Waals surface area contributed by atoms with Crippen molar-refractivity contribution in [3.8, 4) is 5.75 Å². The smallest absolute Gasteiger partial charge is 0.294 e. The Labute approximate surface area is 151 Å². The van der Waals surface area contributed by atoms with Crippen molar-refractivity contribution in [3.05, 3.63) is 34.7 Å². The van der Waals surface area contributed by atoms with Crippen LogP contribution in [0.3, 0.4) is 0 Å². The summed E-state index contributed by atoms with van der Waals surface area (Å²) in [6, 6.07) is 7.17. The van der Waals surface area contributed by atoms with Crippen LogP contribution in [0.1, 0.15) is 5.56 Å². The molecule has 1 heterocycles. The van der Waals surface area contributed by atoms with Crippen LogP contribution in [0.2, 0.25) is 0 Å². The van der Waals surface area contributed by atoms with Gasteiger partial charge in [0.2, 0.25) is 5.91 Å². The molecular formula is C17H21N3O4S. The number of nitrogens with zero attached hydrogens (tertiary/aromatic N) is 2. The summed E-state index contributed by atoms with van der Waals surface area (Å²) in [4.78, 5) is 39.5. The first kappa shape index (κ1) is 19.0. The summed E-state index contributed by atoms with van der Waals surface area (Å²) in [5, 5.41) is 2.25. The second-order valence-corrected chi connectivity index (χ2v) is 6.69. The standard InChI is InChI=1S/C17H21N3O4S/c1-19(2)8-7-18-15(21)11-20-16(22)14(25-17(20)23)10-12-5-4-6-13(9-12)24-3/h4-6,9-10H,7-8,11H2,1-3H3,(H,18,21)/b14-10-. The third-order valence-electron chi connectivity index (χ3n) is 3.45. The highest BCUT2D eigenvalue weighted by molar-refractivity contribution is 8.18. The van der Waals surface area contributed by atoms with Crippen molar-refractivity contribution < 1.29 is 19.1 Å². The summed E-state index contributed by atoms with van der Waals surface area (Å²) in [5.74, 6) is -0.152. The number of hydrogen-bond acceptors (Lipinski definition) is 6. The predicted molar refractivity (Wildman–Crippen MR) is 97.2 cm³/mol. The molecule has 1 aliphatic heterocycles. The van der Waals surface area contributed by atoms with Crippen LogP contribution in [0.15, 0.2) is 29.2 Å². The average molecular weight is 363 g/mol. The Bertz CT molecular complexity index is 703. The van der Waals surface area contributed by atoms with Gasteiger partial charge in [-0.2, -0.15) is 0 Å². The molecule has 7 nitrogen and oxygen atoms in total. The van der Waals surface area contributed by atoms with Gasteiger partial charge >= 0.3 is 0 Å². The zero-order chi connectivity index (χ0) is 18.4. The summed E-state index contributed by atoms with van der Waals surface area (Å²) in [5.41, 5.74) is 0.750. The Balaban J connectivity index is 2.01. The van der Waals surface area contributed by atoms with Crippen molar-refractivity contribution in [2.75, 3.05) is 40.8 Å². The van der Waals surface area contributed by atoms with Crippen LogP contribution in [0.5, 0.6) is 5.75 Å². The van der Waals surface area contributed by atoms with Gasteiger partial charge < -0.3 is 15.0 Å². The number of thioether (sulfide) groups is 1. The van der Waals surface area contributed by atoms with E-state index >= 15 is 0 Å². The highest BCUT2D eigenvalue weighted by atomic mass is 32.2. The number of amides is 3. The molecule has 1 fully saturated rings. The van der Waals surface area contributed by atoms with E-state index in [1.54, 1.807) is 31.4 Å². The first-order chi connectivity index (χ1) is 11.9. The lowest BCUT2D eigenvalue weighted by atomic mass is 10.2. The number of likely N-dealkylation sites (N-methyl/N-ethyl adjacent to an activating group) is 1. The Hall–Kier alpha value is -2.32. The van der Waals surface area contributed by atoms with E-state index in [0.717, 1.165) is 22.2 Å². The quantitative estimate of drug-likeness (QED) is 0.738. The normalized spacial score (nSPS) is 16.0. The Morgan fingerprint density at radius 2 is 2.12 bits per heavy atom. The van der Waals surface area contributed by atoms with E-state index in [-0.39, 0.29) is 12.5 Å². The molecule has 25 heavy (non-hydrogen) atoms. The number of carbonyl (C=O) groups excluding carboxylic acids is 3. The summed E-state index contributed by atoms with van der Waals surface area (Å²) in [7, 11) is 5.35. The fraction of sp³-hybridized carbons (Fsp3) is 0.353. The van der Waals surface area contributed by atoms with Crippen molar-refractivity contribution >= 4 is 34.9 Å². The molecule has 1 aliphatic rings. The molecule has 0 radical (unpaired) electrons. The first-order valence-electron chi connectivity index (χ1n) is 7.71. The van der Waals surface area contributed by atoms with E-state index in [1.165, 1.54) is 0 Å². The number of nitrogens with one attached hydrogen (secondary N) is 1. The van der Waals surface area contributed by atoms with Crippen LogP contribution in [-0.4, -0.2) is 67.7 Å². The SMILES string of the molecule is COc1cccc(/C=C2\SC(=O)N(CC(=O)NCCN(C)C)C2=O)c1. The van der Waals surface area contributed by atoms with Gasteiger partial charge in [-0.1, -0.05) is 12.1 Å². The van der Waals surface area contributed by atoms with Crippen LogP contribution in [-0.2, 0) is 9.59 Å². The van der Waals surface area contributed by atoms with Crippen LogP contribution >= 0.6 is 11.8 Å². The van der Waals surface area contributed by atoms with Gasteiger partial charge in [-0.05, 0) is 49.6 Å². The summed E-state index contributed by atoms with van der Waals surface area (Å²) >= 11 is 0.830. The lowest BCUT2D eigenvalue weighted by Crippen LogP contribution is -2.41. The number of methoxy groups -OCH3 is 1. The fourth-order valence-corrected chi connectivity index (χ4v) is 2.98. The third kappa shape index (κ3) is 5.33. The van der Waals surface area contributed by atoms with E-state index in [4.69, 9.17) is 4.74 Å². The minimum absolute atomic E-state index is 0.270. The predicted octanol–water partition coefficient (Wildman–Crippen LogP) is 1.41. The molecule has 1 aromatic carbocycles. The molecule has 1 aromatic rings. The van der Waals surface area contributed by atoms with Gasteiger partial charge in [0.15, 0.2) is 0 Å². The van der Waals surface area contributed by atoms with Crippen molar-refractivity contribution in [1.82, 2.24) is 15.1 Å². The number of imide groups is 1. The van der Waals surface area contributed by atoms with Gasteiger partial charge in [0, 0.05) is 13.1 Å². The zero-order valence-electron chi connectivity index (χ0n) is 14.4. The highest BCUT2D eigenvalue weighted by Crippen LogP contribution is 2.32. The van der Waals surface area contributed by atoms with Gasteiger partial charge in [0.25, 0.3) is 11.1 Å². The number of hydrogen-bond donors (Lipinski definition) is 1. The lowest BCUT2D eigenvalue weighted by molar-refractivity contribution is -0.129. The van der Waals surface area contributed by atoms with E-state index in [2.05, 4.69) is 5.32 Å². The molecule has 2 rings (SSSR count). The van der Waals surface area contributed by atoms with Crippen molar-refractivity contribution in [2.24, 2.45) is 0 Å². The molecule has 0 unspecified atom stereocenters. The third-order valence-corrected chi connectivity index (χ3v) is 4.36. The molecule has 0 saturated carbocycles. The molecule has 134 valence electrons. The zero-order valence-corrected chi connectivity index (χ0v) is 15.3. The highest BCUT2D eigenvalue weighted by Gasteiger charge is 2.36. The maximum atomic E-state index is 12.4. The molecule has 0 atom stereocenters. The molecule has 0 aliphatic carbocycles. The second-order valence-electron chi connectivity index (χ2n) is 5.70. The minimum atomic E-state index is -0.458. The fourth-order valence-electron chi connectivity index (χ4n) is 2.14. The first-order valence-corrected chi connectivity index (χ1v) is 8.53. The Morgan fingerprint density at radius 1 is 1.36 bits per heavy atom. The molecule has 8 heteroatoms. The van der Waals surface area contributed by atoms with Crippen LogP contribution in [0.25, 0.3) is 6.08 Å². The van der Waals surface area contributed by atoms with Gasteiger partial charge in [0.1, 0.15) is 12.3 Å². The Morgan fingerprint density at radius 3 is 2.80 bits per heavy atom. The van der Waals surface area contributed by atoms with Crippen molar-refractivity contribution in [3.63, 3.8) is 0 Å². The van der Waals surface area contributed by atoms with E-state index in [0.29, 0.717) is 23.7 Å². The van der Waals surface area contributed by atoms with E-state index in [1.807, 2.05) is 25.1 Å². The molecule has 3 amide bonds. The monoisotopic (exact) mass is 363 g/mol. The topological polar surface area (TPSA) is 79.0 Å². The van der Waals surface area contributed by atoms with Crippen LogP contribution in [0, 0.1) is 0 Å². The number of benzene rings is 1. The Kier molecular flexibility index (Phi) is 6.60. The second kappa shape index (κ2) is 8.68. The van der Waals surface area contributed by atoms with Crippen molar-refractivity contribution in [2.45, 2.75) is 0 Å². The van der Waals surface area contributed by atoms with Crippen LogP contribution < -0.4 is 10.1 Å². The van der Waals surface area contributed by atoms with E-state index in [9.17, 15) is 14.4 Å². The van der Waals surface area contributed by atoms with Gasteiger partial charge in [-0.15, -0.1) is 0 Å². The number of carbonyl (C=O) groups is 3. The molecular weight excluding hydrogens is 342 g/mol. The molecule has 0 spiro atoms. The van der Waals surface area contributed by atoms with Gasteiger partial charge in [-0.25, -0.2) is 0 Å². The minimum Gasteiger partial charge on any atom is -0.497 e. The number of ether oxygens (including phenoxy) is 1. The maximum Gasteiger partial charge on any atom is 0.294 e. The van der Waals surface area contributed by atoms with Crippen molar-refractivity contribution in [1.29, 1.82) is 0 Å². The lowest BCUT2D eigenvalue weighted by Gasteiger charge is -2.14. The summed E-state index contributed by atoms with van der Waals surface area (Å²) in [6.07, 6.45) is 1.62. The molecule has 0 bridgehead atoms. The maximum absolute atomic E-state index is 12.4. The molecule has 0 aromatic heterocycles. The van der Waals surface area contributed by atoms with Gasteiger partial charge in [-0.3, -0.25) is 19.3 Å². The number of rotatable bonds is 7. The summed E-state index contributed by atoms with van der Waals surface area (Å²) < 4.78 is 5.14. The average Bonchev–Trinajstić information content (AvgIpc) is 2.82. The van der Waals surface area contributed by atoms with E-state index < -0.39 is 11.1 Å². The van der Waals surface area contributed by atoms with Crippen LogP contribution in [0.4, 0.5) is 4.79 Å². The van der Waals surface area contributed by atoms with Gasteiger partial charge in [0.05, 0.1) is 12.0 Å².